The zero-order valence-electron chi connectivity index (χ0n) is 18.0. The number of carbonyl (C=O) groups excluding carboxylic acids is 1. The molecule has 32 heavy (non-hydrogen) atoms. The van der Waals surface area contributed by atoms with Crippen LogP contribution >= 0.6 is 0 Å². The maximum atomic E-state index is 12.8. The number of amides is 1. The third-order valence-corrected chi connectivity index (χ3v) is 5.36. The molecule has 0 bridgehead atoms. The molecule has 4 heteroatoms. The van der Waals surface area contributed by atoms with Crippen LogP contribution in [0.1, 0.15) is 27.0 Å². The summed E-state index contributed by atoms with van der Waals surface area (Å²) in [6, 6.07) is 37.9. The third-order valence-electron chi connectivity index (χ3n) is 5.36. The fraction of sp³-hybridized carbons (Fsp3) is 0.107. The normalized spacial score (nSPS) is 10.8. The van der Waals surface area contributed by atoms with Gasteiger partial charge >= 0.3 is 0 Å². The molecule has 4 aromatic carbocycles. The molecule has 0 fully saturated rings. The number of para-hydroxylation sites is 1. The lowest BCUT2D eigenvalue weighted by atomic mass is 10.1. The fourth-order valence-electron chi connectivity index (χ4n) is 3.71. The average Bonchev–Trinajstić information content (AvgIpc) is 2.85. The molecule has 4 nitrogen and oxygen atoms in total. The summed E-state index contributed by atoms with van der Waals surface area (Å²) in [5, 5.41) is 1.19. The molecule has 0 aliphatic carbocycles. The summed E-state index contributed by atoms with van der Waals surface area (Å²) in [4.78, 5) is 15.2. The van der Waals surface area contributed by atoms with Crippen LogP contribution in [0.5, 0.6) is 0 Å². The Balaban J connectivity index is 1.47. The summed E-state index contributed by atoms with van der Waals surface area (Å²) in [6.07, 6.45) is 0. The second kappa shape index (κ2) is 10.5. The van der Waals surface area contributed by atoms with Crippen LogP contribution in [0.25, 0.3) is 0 Å². The van der Waals surface area contributed by atoms with Gasteiger partial charge < -0.3 is 0 Å². The highest BCUT2D eigenvalue weighted by Crippen LogP contribution is 2.17. The zero-order valence-corrected chi connectivity index (χ0v) is 18.0. The van der Waals surface area contributed by atoms with E-state index in [0.29, 0.717) is 11.3 Å². The molecule has 0 saturated carbocycles. The smallest absolute Gasteiger partial charge is 0.272 e. The second-order valence-electron chi connectivity index (χ2n) is 7.82. The number of hydrazine groups is 1. The summed E-state index contributed by atoms with van der Waals surface area (Å²) in [7, 11) is 0. The topological polar surface area (TPSA) is 49.6 Å². The van der Waals surface area contributed by atoms with Crippen LogP contribution in [0, 0.1) is 0 Å². The van der Waals surface area contributed by atoms with Gasteiger partial charge in [0.25, 0.3) is 5.91 Å². The molecular weight excluding hydrogens is 394 g/mol. The number of hydrogen-bond acceptors (Lipinski definition) is 3. The number of nitrogens with zero attached hydrogens (tertiary/aromatic N) is 2. The van der Waals surface area contributed by atoms with Crippen LogP contribution in [-0.2, 0) is 19.6 Å². The van der Waals surface area contributed by atoms with Crippen molar-refractivity contribution in [1.29, 1.82) is 0 Å². The highest BCUT2D eigenvalue weighted by molar-refractivity contribution is 6.05. The highest BCUT2D eigenvalue weighted by atomic mass is 16.2. The van der Waals surface area contributed by atoms with E-state index < -0.39 is 0 Å². The molecule has 1 amide bonds. The average molecular weight is 422 g/mol. The first kappa shape index (κ1) is 21.5. The summed E-state index contributed by atoms with van der Waals surface area (Å²) in [5.41, 5.74) is 4.93. The Hall–Kier alpha value is -3.73. The van der Waals surface area contributed by atoms with Crippen molar-refractivity contribution < 1.29 is 4.79 Å². The Morgan fingerprint density at radius 1 is 0.562 bits per heavy atom. The van der Waals surface area contributed by atoms with Gasteiger partial charge in [0.05, 0.1) is 5.69 Å². The summed E-state index contributed by atoms with van der Waals surface area (Å²) >= 11 is 0. The van der Waals surface area contributed by atoms with Gasteiger partial charge in [0.2, 0.25) is 0 Å². The zero-order chi connectivity index (χ0) is 22.2. The monoisotopic (exact) mass is 421 g/mol. The first-order valence-electron chi connectivity index (χ1n) is 10.7. The largest absolute Gasteiger partial charge is 0.291 e. The van der Waals surface area contributed by atoms with Crippen molar-refractivity contribution in [2.45, 2.75) is 19.6 Å². The molecule has 0 radical (unpaired) electrons. The molecule has 0 aliphatic rings. The number of benzene rings is 4. The van der Waals surface area contributed by atoms with Crippen LogP contribution in [-0.4, -0.2) is 10.8 Å². The molecule has 2 N–H and O–H groups in total. The van der Waals surface area contributed by atoms with Crippen LogP contribution in [0.3, 0.4) is 0 Å². The molecule has 4 aromatic rings. The van der Waals surface area contributed by atoms with Gasteiger partial charge in [-0.25, -0.2) is 10.9 Å². The maximum Gasteiger partial charge on any atom is 0.272 e. The third kappa shape index (κ3) is 5.70. The Bertz CT molecular complexity index is 1070. The van der Waals surface area contributed by atoms with Crippen molar-refractivity contribution in [3.63, 3.8) is 0 Å². The minimum Gasteiger partial charge on any atom is -0.291 e. The molecule has 0 unspecified atom stereocenters. The van der Waals surface area contributed by atoms with E-state index in [1.54, 1.807) is 0 Å². The van der Waals surface area contributed by atoms with Crippen molar-refractivity contribution in [3.8, 4) is 0 Å². The van der Waals surface area contributed by atoms with Crippen LogP contribution < -0.4 is 10.9 Å². The summed E-state index contributed by atoms with van der Waals surface area (Å²) < 4.78 is 0. The van der Waals surface area contributed by atoms with Gasteiger partial charge in [0.15, 0.2) is 0 Å². The van der Waals surface area contributed by atoms with Gasteiger partial charge in [-0.1, -0.05) is 91.0 Å². The van der Waals surface area contributed by atoms with E-state index in [1.165, 1.54) is 16.1 Å². The van der Waals surface area contributed by atoms with Gasteiger partial charge in [0.1, 0.15) is 0 Å². The predicted molar refractivity (Wildman–Crippen MR) is 130 cm³/mol. The van der Waals surface area contributed by atoms with E-state index in [2.05, 4.69) is 53.4 Å². The Labute approximate surface area is 189 Å². The Morgan fingerprint density at radius 3 is 1.44 bits per heavy atom. The lowest BCUT2D eigenvalue weighted by Crippen LogP contribution is -2.37. The lowest BCUT2D eigenvalue weighted by Gasteiger charge is -2.23. The molecule has 0 atom stereocenters. The summed E-state index contributed by atoms with van der Waals surface area (Å²) in [6.45, 7) is 2.48. The maximum absolute atomic E-state index is 12.8. The quantitative estimate of drug-likeness (QED) is 0.235. The van der Waals surface area contributed by atoms with E-state index >= 15 is 0 Å². The van der Waals surface area contributed by atoms with E-state index in [9.17, 15) is 4.79 Å². The van der Waals surface area contributed by atoms with Gasteiger partial charge in [0, 0.05) is 25.2 Å². The minimum atomic E-state index is -0.229. The van der Waals surface area contributed by atoms with Crippen LogP contribution in [0.4, 0.5) is 5.69 Å². The van der Waals surface area contributed by atoms with Crippen molar-refractivity contribution in [3.05, 3.63) is 138 Å². The first-order valence-corrected chi connectivity index (χ1v) is 10.7. The lowest BCUT2D eigenvalue weighted by molar-refractivity contribution is 0.0987. The summed E-state index contributed by atoms with van der Waals surface area (Å²) in [5.74, 6) is 5.81. The molecule has 0 aliphatic heterocycles. The number of rotatable bonds is 8. The molecule has 0 aromatic heterocycles. The first-order chi connectivity index (χ1) is 15.7. The van der Waals surface area contributed by atoms with E-state index in [1.807, 2.05) is 66.7 Å². The standard InChI is InChI=1S/C28H27N3O/c29-31(27-14-8-3-9-15-27)28(32)26-18-16-25(17-19-26)22-30(20-23-10-4-1-5-11-23)21-24-12-6-2-7-13-24/h1-19H,20-22,29H2. The van der Waals surface area contributed by atoms with E-state index in [4.69, 9.17) is 5.84 Å². The minimum absolute atomic E-state index is 0.229. The van der Waals surface area contributed by atoms with Gasteiger partial charge in [-0.2, -0.15) is 0 Å². The highest BCUT2D eigenvalue weighted by Gasteiger charge is 2.15. The Kier molecular flexibility index (Phi) is 7.08. The molecule has 4 rings (SSSR count). The second-order valence-corrected chi connectivity index (χ2v) is 7.82. The van der Waals surface area contributed by atoms with E-state index in [0.717, 1.165) is 25.2 Å². The van der Waals surface area contributed by atoms with Crippen LogP contribution in [0.2, 0.25) is 0 Å². The van der Waals surface area contributed by atoms with Crippen LogP contribution in [0.15, 0.2) is 115 Å². The number of anilines is 1. The van der Waals surface area contributed by atoms with Crippen molar-refractivity contribution in [2.24, 2.45) is 5.84 Å². The fourth-order valence-corrected chi connectivity index (χ4v) is 3.71. The van der Waals surface area contributed by atoms with Gasteiger partial charge in [-0.15, -0.1) is 0 Å². The van der Waals surface area contributed by atoms with E-state index in [-0.39, 0.29) is 5.91 Å². The molecular formula is C28H27N3O. The predicted octanol–water partition coefficient (Wildman–Crippen LogP) is 5.41. The number of hydrogen-bond donors (Lipinski definition) is 1. The van der Waals surface area contributed by atoms with Gasteiger partial charge in [-0.05, 0) is 41.0 Å². The molecule has 0 saturated heterocycles. The number of carbonyl (C=O) groups is 1. The van der Waals surface area contributed by atoms with Crippen molar-refractivity contribution in [2.75, 3.05) is 5.01 Å². The Morgan fingerprint density at radius 2 is 0.969 bits per heavy atom. The molecule has 0 spiro atoms. The molecule has 0 heterocycles. The van der Waals surface area contributed by atoms with Crippen molar-refractivity contribution >= 4 is 11.6 Å². The number of nitrogens with two attached hydrogens (primary N) is 1. The SMILES string of the molecule is NN(C(=O)c1ccc(CN(Cc2ccccc2)Cc2ccccc2)cc1)c1ccccc1. The van der Waals surface area contributed by atoms with Crippen molar-refractivity contribution in [1.82, 2.24) is 4.90 Å². The van der Waals surface area contributed by atoms with Gasteiger partial charge in [-0.3, -0.25) is 9.69 Å². The molecule has 160 valence electrons.